The molecule has 18 heteroatoms. The van der Waals surface area contributed by atoms with Crippen molar-refractivity contribution in [1.29, 1.82) is 0 Å². The zero-order valence-corrected chi connectivity index (χ0v) is 39.2. The first-order chi connectivity index (χ1) is 28.0. The lowest BCUT2D eigenvalue weighted by atomic mass is 9.88. The molecule has 0 unspecified atom stereocenters. The standard InChI is InChI=1S/C43H79N7O11/c1-39(2,3)31(51)14-13-15-35(55)50-43(28-59-25-19-32(52)44-22-16-36(56)47-40(4,5)6,29-60-26-20-33(53)45-23-17-37(57)48-41(7,8)9)30-61-27-21-34(54)46-24-18-38(58)49-42(10,11)12/h13-30H2,1-12H3,(H,44,52)(H,45,53)(H,46,54)(H,47,56)(H,48,57)(H,49,58)(H,50,55). The van der Waals surface area contributed by atoms with Gasteiger partial charge in [-0.3, -0.25) is 38.4 Å². The van der Waals surface area contributed by atoms with Crippen LogP contribution in [0.1, 0.15) is 141 Å². The maximum absolute atomic E-state index is 13.4. The fourth-order valence-corrected chi connectivity index (χ4v) is 5.33. The first-order valence-corrected chi connectivity index (χ1v) is 21.3. The van der Waals surface area contributed by atoms with Crippen molar-refractivity contribution in [3.8, 4) is 0 Å². The SMILES string of the molecule is CC(C)(C)NC(=O)CCNC(=O)CCOCC(COCCC(=O)NCCC(=O)NC(C)(C)C)(COCCC(=O)NCCC(=O)NC(C)(C)C)NC(=O)CCCC(=O)C(C)(C)C. The van der Waals surface area contributed by atoms with Crippen LogP contribution in [0.3, 0.4) is 0 Å². The van der Waals surface area contributed by atoms with Crippen molar-refractivity contribution in [2.24, 2.45) is 5.41 Å². The summed E-state index contributed by atoms with van der Waals surface area (Å²) < 4.78 is 17.8. The third kappa shape index (κ3) is 33.2. The Morgan fingerprint density at radius 2 is 0.656 bits per heavy atom. The van der Waals surface area contributed by atoms with Gasteiger partial charge in [0.05, 0.1) is 39.6 Å². The van der Waals surface area contributed by atoms with Crippen LogP contribution in [-0.2, 0) is 52.6 Å². The molecule has 0 saturated carbocycles. The zero-order chi connectivity index (χ0) is 46.9. The third-order valence-electron chi connectivity index (χ3n) is 8.17. The molecule has 18 nitrogen and oxygen atoms in total. The summed E-state index contributed by atoms with van der Waals surface area (Å²) in [6.45, 7) is 21.8. The largest absolute Gasteiger partial charge is 0.378 e. The quantitative estimate of drug-likeness (QED) is 0.0537. The average Bonchev–Trinajstić information content (AvgIpc) is 3.07. The molecule has 0 heterocycles. The summed E-state index contributed by atoms with van der Waals surface area (Å²) in [7, 11) is 0. The fraction of sp³-hybridized carbons (Fsp3) is 0.814. The van der Waals surface area contributed by atoms with E-state index in [-0.39, 0.29) is 158 Å². The molecule has 0 aliphatic heterocycles. The van der Waals surface area contributed by atoms with Crippen LogP contribution in [0.4, 0.5) is 0 Å². The highest BCUT2D eigenvalue weighted by atomic mass is 16.5. The van der Waals surface area contributed by atoms with Crippen LogP contribution in [0, 0.1) is 5.41 Å². The molecule has 0 bridgehead atoms. The Morgan fingerprint density at radius 1 is 0.361 bits per heavy atom. The molecule has 0 spiro atoms. The minimum Gasteiger partial charge on any atom is -0.378 e. The fourth-order valence-electron chi connectivity index (χ4n) is 5.33. The first-order valence-electron chi connectivity index (χ1n) is 21.3. The normalized spacial score (nSPS) is 12.2. The van der Waals surface area contributed by atoms with E-state index in [0.717, 1.165) is 0 Å². The summed E-state index contributed by atoms with van der Waals surface area (Å²) in [6, 6.07) is 0. The molecule has 7 N–H and O–H groups in total. The summed E-state index contributed by atoms with van der Waals surface area (Å²) >= 11 is 0. The van der Waals surface area contributed by atoms with Crippen molar-refractivity contribution < 1.29 is 52.6 Å². The Bertz CT molecular complexity index is 1290. The average molecular weight is 870 g/mol. The van der Waals surface area contributed by atoms with Crippen LogP contribution in [0.5, 0.6) is 0 Å². The van der Waals surface area contributed by atoms with E-state index < -0.39 is 33.5 Å². The van der Waals surface area contributed by atoms with E-state index in [4.69, 9.17) is 14.2 Å². The Morgan fingerprint density at radius 3 is 0.934 bits per heavy atom. The Kier molecular flexibility index (Phi) is 25.8. The highest BCUT2D eigenvalue weighted by Crippen LogP contribution is 2.19. The molecular weight excluding hydrogens is 791 g/mol. The van der Waals surface area contributed by atoms with E-state index in [1.165, 1.54) is 0 Å². The molecule has 61 heavy (non-hydrogen) atoms. The number of ketones is 1. The molecule has 0 aliphatic rings. The Balaban J connectivity index is 5.76. The monoisotopic (exact) mass is 870 g/mol. The number of rotatable bonds is 29. The van der Waals surface area contributed by atoms with Crippen LogP contribution in [-0.4, -0.2) is 129 Å². The molecule has 0 aromatic carbocycles. The van der Waals surface area contributed by atoms with Gasteiger partial charge in [-0.15, -0.1) is 0 Å². The highest BCUT2D eigenvalue weighted by molar-refractivity contribution is 5.84. The number of hydrogen-bond donors (Lipinski definition) is 7. The lowest BCUT2D eigenvalue weighted by Crippen LogP contribution is -2.58. The van der Waals surface area contributed by atoms with Gasteiger partial charge in [0.25, 0.3) is 0 Å². The number of carbonyl (C=O) groups excluding carboxylic acids is 8. The number of amides is 7. The smallest absolute Gasteiger partial charge is 0.222 e. The van der Waals surface area contributed by atoms with Crippen molar-refractivity contribution in [2.75, 3.05) is 59.3 Å². The summed E-state index contributed by atoms with van der Waals surface area (Å²) in [5.74, 6) is -2.05. The maximum Gasteiger partial charge on any atom is 0.222 e. The Hall–Kier alpha value is -4.16. The summed E-state index contributed by atoms with van der Waals surface area (Å²) in [6.07, 6.45) is 0.636. The van der Waals surface area contributed by atoms with Gasteiger partial charge in [-0.2, -0.15) is 0 Å². The molecule has 0 aromatic rings. The van der Waals surface area contributed by atoms with Crippen molar-refractivity contribution in [3.05, 3.63) is 0 Å². The number of carbonyl (C=O) groups is 8. The number of hydrogen-bond acceptors (Lipinski definition) is 11. The van der Waals surface area contributed by atoms with E-state index in [9.17, 15) is 38.4 Å². The second kappa shape index (κ2) is 27.7. The van der Waals surface area contributed by atoms with Crippen LogP contribution < -0.4 is 37.2 Å². The predicted molar refractivity (Wildman–Crippen MR) is 232 cm³/mol. The molecular formula is C43H79N7O11. The summed E-state index contributed by atoms with van der Waals surface area (Å²) in [4.78, 5) is 100.0. The van der Waals surface area contributed by atoms with Gasteiger partial charge in [0.2, 0.25) is 41.4 Å². The second-order valence-corrected chi connectivity index (χ2v) is 19.5. The van der Waals surface area contributed by atoms with Crippen molar-refractivity contribution in [1.82, 2.24) is 37.2 Å². The molecule has 7 amide bonds. The van der Waals surface area contributed by atoms with E-state index in [2.05, 4.69) is 37.2 Å². The van der Waals surface area contributed by atoms with Gasteiger partial charge >= 0.3 is 0 Å². The summed E-state index contributed by atoms with van der Waals surface area (Å²) in [5, 5.41) is 19.5. The van der Waals surface area contributed by atoms with Gasteiger partial charge in [-0.05, 0) is 68.7 Å². The maximum atomic E-state index is 13.4. The molecule has 0 fully saturated rings. The van der Waals surface area contributed by atoms with E-state index in [0.29, 0.717) is 0 Å². The molecule has 352 valence electrons. The highest BCUT2D eigenvalue weighted by Gasteiger charge is 2.34. The topological polar surface area (TPSA) is 248 Å². The van der Waals surface area contributed by atoms with Gasteiger partial charge in [0, 0.05) is 93.0 Å². The van der Waals surface area contributed by atoms with Gasteiger partial charge < -0.3 is 51.4 Å². The third-order valence-corrected chi connectivity index (χ3v) is 8.17. The van der Waals surface area contributed by atoms with Crippen molar-refractivity contribution >= 4 is 47.1 Å². The molecule has 0 rings (SSSR count). The van der Waals surface area contributed by atoms with Crippen LogP contribution >= 0.6 is 0 Å². The summed E-state index contributed by atoms with van der Waals surface area (Å²) in [5.41, 5.74) is -3.11. The zero-order valence-electron chi connectivity index (χ0n) is 39.2. The minimum atomic E-state index is -1.35. The lowest BCUT2D eigenvalue weighted by Gasteiger charge is -2.34. The second-order valence-electron chi connectivity index (χ2n) is 19.5. The molecule has 0 saturated heterocycles. The Labute approximate surface area is 364 Å². The van der Waals surface area contributed by atoms with Gasteiger partial charge in [0.1, 0.15) is 11.3 Å². The van der Waals surface area contributed by atoms with Crippen LogP contribution in [0.25, 0.3) is 0 Å². The number of nitrogens with one attached hydrogen (secondary N) is 7. The van der Waals surface area contributed by atoms with Crippen molar-refractivity contribution in [3.63, 3.8) is 0 Å². The van der Waals surface area contributed by atoms with Gasteiger partial charge in [-0.25, -0.2) is 0 Å². The van der Waals surface area contributed by atoms with E-state index in [1.807, 2.05) is 83.1 Å². The van der Waals surface area contributed by atoms with E-state index >= 15 is 0 Å². The van der Waals surface area contributed by atoms with Crippen LogP contribution in [0.15, 0.2) is 0 Å². The first kappa shape index (κ1) is 56.8. The molecule has 0 aromatic heterocycles. The molecule has 0 aliphatic carbocycles. The van der Waals surface area contributed by atoms with Crippen molar-refractivity contribution in [2.45, 2.75) is 163 Å². The van der Waals surface area contributed by atoms with Gasteiger partial charge in [0.15, 0.2) is 0 Å². The minimum absolute atomic E-state index is 0.00512. The molecule has 0 radical (unpaired) electrons. The molecule has 0 atom stereocenters. The van der Waals surface area contributed by atoms with Gasteiger partial charge in [-0.1, -0.05) is 20.8 Å². The number of ether oxygens (including phenoxy) is 3. The lowest BCUT2D eigenvalue weighted by molar-refractivity contribution is -0.131. The number of Topliss-reactive ketones (excluding diaryl/α,β-unsaturated/α-hetero) is 1. The van der Waals surface area contributed by atoms with E-state index in [1.54, 1.807) is 0 Å². The van der Waals surface area contributed by atoms with Crippen LogP contribution in [0.2, 0.25) is 0 Å². The predicted octanol–water partition coefficient (Wildman–Crippen LogP) is 2.11.